The van der Waals surface area contributed by atoms with Gasteiger partial charge in [-0.3, -0.25) is 9.89 Å². The predicted octanol–water partition coefficient (Wildman–Crippen LogP) is 1.69. The summed E-state index contributed by atoms with van der Waals surface area (Å²) in [5.74, 6) is 0. The summed E-state index contributed by atoms with van der Waals surface area (Å²) in [6.07, 6.45) is 0.345. The lowest BCUT2D eigenvalue weighted by Gasteiger charge is -2.05. The summed E-state index contributed by atoms with van der Waals surface area (Å²) in [7, 11) is 0. The molecule has 3 rings (SSSR count). The highest BCUT2D eigenvalue weighted by atomic mass is 32.1. The first-order valence-electron chi connectivity index (χ1n) is 5.87. The van der Waals surface area contributed by atoms with E-state index in [4.69, 9.17) is 18.0 Å². The smallest absolute Gasteiger partial charge is 0.295 e. The Morgan fingerprint density at radius 1 is 1.45 bits per heavy atom. The number of aromatic amines is 1. The van der Waals surface area contributed by atoms with E-state index in [-0.39, 0.29) is 5.56 Å². The van der Waals surface area contributed by atoms with Crippen LogP contribution < -0.4 is 11.3 Å². The van der Waals surface area contributed by atoms with Gasteiger partial charge in [-0.25, -0.2) is 0 Å². The van der Waals surface area contributed by atoms with Gasteiger partial charge in [0, 0.05) is 12.1 Å². The van der Waals surface area contributed by atoms with Crippen LogP contribution in [0.25, 0.3) is 4.96 Å². The van der Waals surface area contributed by atoms with Crippen LogP contribution in [0.15, 0.2) is 23.0 Å². The topological polar surface area (TPSA) is 89.1 Å². The number of fused-ring (bicyclic) bond motifs is 1. The minimum Gasteiger partial charge on any atom is -0.398 e. The van der Waals surface area contributed by atoms with Crippen molar-refractivity contribution in [1.29, 1.82) is 0 Å². The van der Waals surface area contributed by atoms with Gasteiger partial charge in [-0.2, -0.15) is 4.52 Å². The van der Waals surface area contributed by atoms with E-state index in [1.165, 1.54) is 15.9 Å². The molecule has 0 saturated carbocycles. The molecule has 8 heteroatoms. The zero-order valence-electron chi connectivity index (χ0n) is 10.6. The first-order chi connectivity index (χ1) is 9.54. The number of benzene rings is 1. The summed E-state index contributed by atoms with van der Waals surface area (Å²) in [4.78, 5) is 12.7. The fraction of sp³-hybridized carbons (Fsp3) is 0.167. The average molecular weight is 305 g/mol. The maximum Gasteiger partial charge on any atom is 0.295 e. The van der Waals surface area contributed by atoms with E-state index in [9.17, 15) is 4.79 Å². The predicted molar refractivity (Wildman–Crippen MR) is 80.7 cm³/mol. The van der Waals surface area contributed by atoms with Crippen molar-refractivity contribution in [3.63, 3.8) is 0 Å². The quantitative estimate of drug-likeness (QED) is 0.555. The normalized spacial score (nSPS) is 11.1. The molecule has 0 amide bonds. The molecule has 6 nitrogen and oxygen atoms in total. The minimum absolute atomic E-state index is 0.248. The number of anilines is 1. The highest BCUT2D eigenvalue weighted by Gasteiger charge is 2.11. The van der Waals surface area contributed by atoms with Crippen LogP contribution >= 0.6 is 23.6 Å². The molecular formula is C12H11N5OS2. The van der Waals surface area contributed by atoms with Crippen LogP contribution in [0.5, 0.6) is 0 Å². The van der Waals surface area contributed by atoms with Crippen LogP contribution in [-0.4, -0.2) is 19.8 Å². The van der Waals surface area contributed by atoms with Crippen molar-refractivity contribution in [3.05, 3.63) is 49.3 Å². The minimum atomic E-state index is -0.248. The summed E-state index contributed by atoms with van der Waals surface area (Å²) >= 11 is 6.21. The van der Waals surface area contributed by atoms with Gasteiger partial charge < -0.3 is 5.73 Å². The fourth-order valence-corrected chi connectivity index (χ4v) is 2.85. The SMILES string of the molecule is Cc1ccc(Cc2nnc3sc(=S)[nH]n3c2=O)c(N)c1. The Kier molecular flexibility index (Phi) is 3.11. The summed E-state index contributed by atoms with van der Waals surface area (Å²) in [5.41, 5.74) is 8.62. The zero-order valence-corrected chi connectivity index (χ0v) is 12.2. The van der Waals surface area contributed by atoms with Gasteiger partial charge in [0.15, 0.2) is 3.95 Å². The van der Waals surface area contributed by atoms with E-state index in [2.05, 4.69) is 15.3 Å². The summed E-state index contributed by atoms with van der Waals surface area (Å²) < 4.78 is 1.81. The Balaban J connectivity index is 2.09. The molecule has 0 unspecified atom stereocenters. The van der Waals surface area contributed by atoms with Crippen molar-refractivity contribution in [1.82, 2.24) is 19.8 Å². The highest BCUT2D eigenvalue weighted by molar-refractivity contribution is 7.73. The van der Waals surface area contributed by atoms with E-state index in [1.807, 2.05) is 25.1 Å². The molecular weight excluding hydrogens is 294 g/mol. The van der Waals surface area contributed by atoms with Gasteiger partial charge in [0.25, 0.3) is 5.56 Å². The number of H-pyrrole nitrogens is 1. The Morgan fingerprint density at radius 2 is 2.25 bits per heavy atom. The molecule has 0 radical (unpaired) electrons. The average Bonchev–Trinajstić information content (AvgIpc) is 2.77. The number of aryl methyl sites for hydroxylation is 1. The molecule has 3 N–H and O–H groups in total. The second kappa shape index (κ2) is 4.80. The van der Waals surface area contributed by atoms with Gasteiger partial charge in [0.1, 0.15) is 5.69 Å². The zero-order chi connectivity index (χ0) is 14.3. The van der Waals surface area contributed by atoms with Crippen molar-refractivity contribution < 1.29 is 0 Å². The molecule has 0 bridgehead atoms. The van der Waals surface area contributed by atoms with Crippen molar-refractivity contribution in [2.24, 2.45) is 0 Å². The number of aromatic nitrogens is 4. The third-order valence-electron chi connectivity index (χ3n) is 2.94. The van der Waals surface area contributed by atoms with Crippen LogP contribution in [0.1, 0.15) is 16.8 Å². The standard InChI is InChI=1S/C12H11N5OS2/c1-6-2-3-7(8(13)4-6)5-9-10(18)17-11(15-14-9)20-12(19)16-17/h2-4H,5,13H2,1H3,(H,16,19). The van der Waals surface area contributed by atoms with Crippen LogP contribution in [0.2, 0.25) is 0 Å². The fourth-order valence-electron chi connectivity index (χ4n) is 1.93. The first kappa shape index (κ1) is 12.9. The Hall–Kier alpha value is -2.06. The number of nitrogen functional groups attached to an aromatic ring is 1. The molecule has 0 aliphatic heterocycles. The van der Waals surface area contributed by atoms with Crippen LogP contribution in [-0.2, 0) is 6.42 Å². The van der Waals surface area contributed by atoms with Gasteiger partial charge in [-0.1, -0.05) is 23.5 Å². The third kappa shape index (κ3) is 2.23. The molecule has 0 spiro atoms. The van der Waals surface area contributed by atoms with Gasteiger partial charge in [0.2, 0.25) is 4.96 Å². The number of nitrogens with zero attached hydrogens (tertiary/aromatic N) is 3. The van der Waals surface area contributed by atoms with Gasteiger partial charge in [-0.05, 0) is 36.3 Å². The lowest BCUT2D eigenvalue weighted by Crippen LogP contribution is -2.22. The first-order valence-corrected chi connectivity index (χ1v) is 7.09. The van der Waals surface area contributed by atoms with E-state index in [0.717, 1.165) is 11.1 Å². The summed E-state index contributed by atoms with van der Waals surface area (Å²) in [6, 6.07) is 5.72. The van der Waals surface area contributed by atoms with Crippen molar-refractivity contribution >= 4 is 34.2 Å². The van der Waals surface area contributed by atoms with E-state index < -0.39 is 0 Å². The Labute approximate surface area is 122 Å². The largest absolute Gasteiger partial charge is 0.398 e. The lowest BCUT2D eigenvalue weighted by molar-refractivity contribution is 0.806. The second-order valence-electron chi connectivity index (χ2n) is 4.45. The van der Waals surface area contributed by atoms with Crippen LogP contribution in [0, 0.1) is 10.9 Å². The van der Waals surface area contributed by atoms with Crippen LogP contribution in [0.4, 0.5) is 5.69 Å². The molecule has 2 aromatic heterocycles. The summed E-state index contributed by atoms with van der Waals surface area (Å²) in [6.45, 7) is 1.96. The second-order valence-corrected chi connectivity index (χ2v) is 6.09. The molecule has 0 aliphatic rings. The highest BCUT2D eigenvalue weighted by Crippen LogP contribution is 2.16. The van der Waals surface area contributed by atoms with E-state index in [1.54, 1.807) is 0 Å². The third-order valence-corrected chi connectivity index (χ3v) is 4.01. The van der Waals surface area contributed by atoms with Gasteiger partial charge in [0.05, 0.1) is 0 Å². The van der Waals surface area contributed by atoms with Crippen molar-refractivity contribution in [3.8, 4) is 0 Å². The molecule has 0 aliphatic carbocycles. The van der Waals surface area contributed by atoms with Crippen LogP contribution in [0.3, 0.4) is 0 Å². The molecule has 3 aromatic rings. The number of nitrogens with two attached hydrogens (primary N) is 1. The maximum absolute atomic E-state index is 12.3. The molecule has 20 heavy (non-hydrogen) atoms. The Morgan fingerprint density at radius 3 is 3.00 bits per heavy atom. The molecule has 1 aromatic carbocycles. The molecule has 0 fully saturated rings. The number of rotatable bonds is 2. The molecule has 2 heterocycles. The number of hydrogen-bond donors (Lipinski definition) is 2. The number of hydrogen-bond acceptors (Lipinski definition) is 6. The number of nitrogens with one attached hydrogen (secondary N) is 1. The molecule has 0 atom stereocenters. The van der Waals surface area contributed by atoms with E-state index >= 15 is 0 Å². The van der Waals surface area contributed by atoms with Crippen molar-refractivity contribution in [2.75, 3.05) is 5.73 Å². The monoisotopic (exact) mass is 305 g/mol. The lowest BCUT2D eigenvalue weighted by atomic mass is 10.1. The van der Waals surface area contributed by atoms with Crippen molar-refractivity contribution in [2.45, 2.75) is 13.3 Å². The molecule has 0 saturated heterocycles. The Bertz CT molecular complexity index is 908. The van der Waals surface area contributed by atoms with Gasteiger partial charge >= 0.3 is 0 Å². The molecule has 102 valence electrons. The maximum atomic E-state index is 12.3. The van der Waals surface area contributed by atoms with Gasteiger partial charge in [-0.15, -0.1) is 10.2 Å². The summed E-state index contributed by atoms with van der Waals surface area (Å²) in [5, 5.41) is 10.8. The van der Waals surface area contributed by atoms with E-state index in [0.29, 0.717) is 26.7 Å².